The van der Waals surface area contributed by atoms with Gasteiger partial charge in [0, 0.05) is 25.4 Å². The number of nitrogens with zero attached hydrogens (tertiary/aromatic N) is 3. The van der Waals surface area contributed by atoms with E-state index in [1.165, 1.54) is 0 Å². The highest BCUT2D eigenvalue weighted by Crippen LogP contribution is 2.15. The molecule has 0 aliphatic rings. The lowest BCUT2D eigenvalue weighted by molar-refractivity contribution is 0.768. The van der Waals surface area contributed by atoms with Crippen LogP contribution in [0, 0.1) is 6.92 Å². The minimum Gasteiger partial charge on any atom is -0.356 e. The number of guanidine groups is 1. The molecule has 0 aliphatic heterocycles. The number of aromatic nitrogens is 3. The SMILES string of the molecule is CN=C(NCCc1csc(C)n1)NCc1ncc(-c2ccccc2)[nH]1. The Balaban J connectivity index is 1.47. The zero-order valence-electron chi connectivity index (χ0n) is 14.4. The summed E-state index contributed by atoms with van der Waals surface area (Å²) in [7, 11) is 1.76. The zero-order valence-corrected chi connectivity index (χ0v) is 15.2. The van der Waals surface area contributed by atoms with Crippen molar-refractivity contribution in [3.8, 4) is 11.3 Å². The van der Waals surface area contributed by atoms with Crippen LogP contribution in [0.5, 0.6) is 0 Å². The summed E-state index contributed by atoms with van der Waals surface area (Å²) in [5, 5.41) is 9.77. The number of hydrogen-bond donors (Lipinski definition) is 3. The van der Waals surface area contributed by atoms with Gasteiger partial charge in [-0.15, -0.1) is 11.3 Å². The summed E-state index contributed by atoms with van der Waals surface area (Å²) in [6, 6.07) is 10.2. The maximum Gasteiger partial charge on any atom is 0.191 e. The first-order chi connectivity index (χ1) is 12.2. The zero-order chi connectivity index (χ0) is 17.5. The second kappa shape index (κ2) is 8.43. The number of aryl methyl sites for hydroxylation is 1. The molecule has 3 aromatic rings. The van der Waals surface area contributed by atoms with Crippen LogP contribution < -0.4 is 10.6 Å². The quantitative estimate of drug-likeness (QED) is 0.470. The van der Waals surface area contributed by atoms with Gasteiger partial charge in [-0.1, -0.05) is 30.3 Å². The topological polar surface area (TPSA) is 78.0 Å². The van der Waals surface area contributed by atoms with Crippen molar-refractivity contribution in [3.63, 3.8) is 0 Å². The van der Waals surface area contributed by atoms with Crippen LogP contribution in [0.4, 0.5) is 0 Å². The molecule has 25 heavy (non-hydrogen) atoms. The summed E-state index contributed by atoms with van der Waals surface area (Å²) >= 11 is 1.68. The fourth-order valence-corrected chi connectivity index (χ4v) is 3.08. The molecule has 0 unspecified atom stereocenters. The first kappa shape index (κ1) is 17.2. The van der Waals surface area contributed by atoms with Crippen LogP contribution >= 0.6 is 11.3 Å². The first-order valence-electron chi connectivity index (χ1n) is 8.19. The Hall–Kier alpha value is -2.67. The van der Waals surface area contributed by atoms with Crippen LogP contribution in [-0.2, 0) is 13.0 Å². The van der Waals surface area contributed by atoms with Gasteiger partial charge in [-0.25, -0.2) is 9.97 Å². The Bertz CT molecular complexity index is 821. The third kappa shape index (κ3) is 4.90. The summed E-state index contributed by atoms with van der Waals surface area (Å²) in [6.45, 7) is 3.40. The van der Waals surface area contributed by atoms with Crippen LogP contribution in [0.25, 0.3) is 11.3 Å². The number of thiazole rings is 1. The molecule has 2 aromatic heterocycles. The molecule has 0 amide bonds. The van der Waals surface area contributed by atoms with Crippen molar-refractivity contribution >= 4 is 17.3 Å². The Morgan fingerprint density at radius 1 is 1.24 bits per heavy atom. The lowest BCUT2D eigenvalue weighted by atomic mass is 10.2. The smallest absolute Gasteiger partial charge is 0.191 e. The monoisotopic (exact) mass is 354 g/mol. The molecule has 0 aliphatic carbocycles. The lowest BCUT2D eigenvalue weighted by Crippen LogP contribution is -2.38. The molecule has 0 atom stereocenters. The lowest BCUT2D eigenvalue weighted by Gasteiger charge is -2.10. The number of nitrogens with one attached hydrogen (secondary N) is 3. The van der Waals surface area contributed by atoms with E-state index in [1.807, 2.05) is 31.3 Å². The number of benzene rings is 1. The van der Waals surface area contributed by atoms with Gasteiger partial charge in [-0.2, -0.15) is 0 Å². The summed E-state index contributed by atoms with van der Waals surface area (Å²) in [5.41, 5.74) is 3.26. The normalized spacial score (nSPS) is 11.5. The molecule has 6 nitrogen and oxygen atoms in total. The van der Waals surface area contributed by atoms with Crippen LogP contribution in [0.1, 0.15) is 16.5 Å². The van der Waals surface area contributed by atoms with Crippen molar-refractivity contribution in [1.82, 2.24) is 25.6 Å². The standard InChI is InChI=1S/C18H22N6S/c1-13-23-15(12-25-13)8-9-20-18(19-2)22-11-17-21-10-16(24-17)14-6-4-3-5-7-14/h3-7,10,12H,8-9,11H2,1-2H3,(H,21,24)(H2,19,20,22). The highest BCUT2D eigenvalue weighted by molar-refractivity contribution is 7.09. The molecule has 2 heterocycles. The van der Waals surface area contributed by atoms with Crippen molar-refractivity contribution in [1.29, 1.82) is 0 Å². The summed E-state index contributed by atoms with van der Waals surface area (Å²) in [6.07, 6.45) is 2.73. The number of aliphatic imine (C=N–C) groups is 1. The van der Waals surface area contributed by atoms with Crippen molar-refractivity contribution in [2.75, 3.05) is 13.6 Å². The minimum atomic E-state index is 0.586. The maximum atomic E-state index is 4.46. The highest BCUT2D eigenvalue weighted by atomic mass is 32.1. The maximum absolute atomic E-state index is 4.46. The van der Waals surface area contributed by atoms with E-state index in [0.29, 0.717) is 6.54 Å². The van der Waals surface area contributed by atoms with E-state index >= 15 is 0 Å². The molecule has 1 aromatic carbocycles. The predicted octanol–water partition coefficient (Wildman–Crippen LogP) is 2.75. The summed E-state index contributed by atoms with van der Waals surface area (Å²) in [4.78, 5) is 16.4. The van der Waals surface area contributed by atoms with Gasteiger partial charge in [0.05, 0.1) is 29.1 Å². The molecule has 0 fully saturated rings. The molecule has 3 N–H and O–H groups in total. The van der Waals surface area contributed by atoms with Gasteiger partial charge in [0.25, 0.3) is 0 Å². The fourth-order valence-electron chi connectivity index (χ4n) is 2.44. The second-order valence-corrected chi connectivity index (χ2v) is 6.63. The van der Waals surface area contributed by atoms with Gasteiger partial charge in [-0.05, 0) is 12.5 Å². The van der Waals surface area contributed by atoms with Crippen LogP contribution in [0.3, 0.4) is 0 Å². The Morgan fingerprint density at radius 2 is 2.08 bits per heavy atom. The molecule has 0 saturated carbocycles. The van der Waals surface area contributed by atoms with Crippen LogP contribution in [0.2, 0.25) is 0 Å². The number of aromatic amines is 1. The van der Waals surface area contributed by atoms with Crippen molar-refractivity contribution in [3.05, 3.63) is 58.4 Å². The van der Waals surface area contributed by atoms with Gasteiger partial charge in [0.1, 0.15) is 5.82 Å². The molecule has 130 valence electrons. The highest BCUT2D eigenvalue weighted by Gasteiger charge is 2.04. The van der Waals surface area contributed by atoms with E-state index in [1.54, 1.807) is 18.4 Å². The number of H-pyrrole nitrogens is 1. The first-order valence-corrected chi connectivity index (χ1v) is 9.07. The van der Waals surface area contributed by atoms with E-state index in [9.17, 15) is 0 Å². The Labute approximate surface area is 151 Å². The molecule has 0 spiro atoms. The fraction of sp³-hybridized carbons (Fsp3) is 0.278. The average molecular weight is 354 g/mol. The van der Waals surface area contributed by atoms with Crippen molar-refractivity contribution < 1.29 is 0 Å². The van der Waals surface area contributed by atoms with Crippen LogP contribution in [-0.4, -0.2) is 34.5 Å². The van der Waals surface area contributed by atoms with E-state index < -0.39 is 0 Å². The Kier molecular flexibility index (Phi) is 5.79. The van der Waals surface area contributed by atoms with Gasteiger partial charge in [0.15, 0.2) is 5.96 Å². The average Bonchev–Trinajstić information content (AvgIpc) is 3.28. The predicted molar refractivity (Wildman–Crippen MR) is 103 cm³/mol. The van der Waals surface area contributed by atoms with Gasteiger partial charge in [-0.3, -0.25) is 4.99 Å². The van der Waals surface area contributed by atoms with E-state index in [2.05, 4.69) is 48.1 Å². The molecule has 3 rings (SSSR count). The second-order valence-electron chi connectivity index (χ2n) is 5.57. The molecular formula is C18H22N6S. The van der Waals surface area contributed by atoms with E-state index in [0.717, 1.165) is 46.7 Å². The molecular weight excluding hydrogens is 332 g/mol. The van der Waals surface area contributed by atoms with Crippen LogP contribution in [0.15, 0.2) is 46.9 Å². The third-order valence-corrected chi connectivity index (χ3v) is 4.52. The van der Waals surface area contributed by atoms with Gasteiger partial charge in [0.2, 0.25) is 0 Å². The summed E-state index contributed by atoms with van der Waals surface area (Å²) in [5.74, 6) is 1.63. The molecule has 7 heteroatoms. The number of rotatable bonds is 6. The van der Waals surface area contributed by atoms with Crippen molar-refractivity contribution in [2.24, 2.45) is 4.99 Å². The number of imidazole rings is 1. The minimum absolute atomic E-state index is 0.586. The largest absolute Gasteiger partial charge is 0.356 e. The molecule has 0 bridgehead atoms. The summed E-state index contributed by atoms with van der Waals surface area (Å²) < 4.78 is 0. The van der Waals surface area contributed by atoms with E-state index in [4.69, 9.17) is 0 Å². The molecule has 0 saturated heterocycles. The van der Waals surface area contributed by atoms with E-state index in [-0.39, 0.29) is 0 Å². The van der Waals surface area contributed by atoms with Gasteiger partial charge >= 0.3 is 0 Å². The van der Waals surface area contributed by atoms with Gasteiger partial charge < -0.3 is 15.6 Å². The third-order valence-electron chi connectivity index (χ3n) is 3.70. The number of hydrogen-bond acceptors (Lipinski definition) is 4. The Morgan fingerprint density at radius 3 is 2.80 bits per heavy atom. The molecule has 0 radical (unpaired) electrons. The van der Waals surface area contributed by atoms with Crippen molar-refractivity contribution in [2.45, 2.75) is 19.9 Å².